The van der Waals surface area contributed by atoms with Crippen LogP contribution in [0, 0.1) is 18.8 Å². The quantitative estimate of drug-likeness (QED) is 0.159. The summed E-state index contributed by atoms with van der Waals surface area (Å²) >= 11 is 0. The first-order valence-electron chi connectivity index (χ1n) is 14.9. The molecule has 0 spiro atoms. The molecule has 4 heterocycles. The monoisotopic (exact) mass is 773 g/mol. The van der Waals surface area contributed by atoms with Gasteiger partial charge < -0.3 is 18.9 Å². The third-order valence-corrected chi connectivity index (χ3v) is 8.55. The normalized spacial score (nSPS) is 12.9. The second-order valence-corrected chi connectivity index (χ2v) is 11.3. The van der Waals surface area contributed by atoms with Crippen molar-refractivity contribution in [2.45, 2.75) is 0 Å². The van der Waals surface area contributed by atoms with Crippen molar-refractivity contribution in [1.82, 2.24) is 14.5 Å². The van der Waals surface area contributed by atoms with Gasteiger partial charge in [0.25, 0.3) is 0 Å². The van der Waals surface area contributed by atoms with E-state index in [1.165, 1.54) is 0 Å². The molecule has 1 aliphatic heterocycles. The molecule has 0 aliphatic carbocycles. The Labute approximate surface area is 280 Å². The second-order valence-electron chi connectivity index (χ2n) is 11.3. The van der Waals surface area contributed by atoms with Crippen LogP contribution >= 0.6 is 0 Å². The number of hydrazone groups is 1. The number of furan rings is 1. The molecule has 0 amide bonds. The summed E-state index contributed by atoms with van der Waals surface area (Å²) in [5.74, 6) is 0.855. The van der Waals surface area contributed by atoms with Crippen molar-refractivity contribution in [3.05, 3.63) is 140 Å². The van der Waals surface area contributed by atoms with Gasteiger partial charge in [-0.15, -0.1) is 18.1 Å². The fraction of sp³-hybridized carbons (Fsp3) is 0.0263. The summed E-state index contributed by atoms with van der Waals surface area (Å²) in [7, 11) is 1.96. The van der Waals surface area contributed by atoms with E-state index in [9.17, 15) is 0 Å². The molecule has 0 N–H and O–H groups in total. The molecule has 0 saturated carbocycles. The average molecular weight is 774 g/mol. The van der Waals surface area contributed by atoms with Crippen molar-refractivity contribution in [3.8, 4) is 5.82 Å². The predicted molar refractivity (Wildman–Crippen MR) is 184 cm³/mol. The molecule has 9 rings (SSSR count). The van der Waals surface area contributed by atoms with Crippen molar-refractivity contribution in [3.63, 3.8) is 0 Å². The molecule has 6 nitrogen and oxygen atoms in total. The van der Waals surface area contributed by atoms with E-state index >= 15 is 0 Å². The molecule has 0 radical (unpaired) electrons. The summed E-state index contributed by atoms with van der Waals surface area (Å²) in [6.45, 7) is 1.71. The average Bonchev–Trinajstić information content (AvgIpc) is 3.79. The third-order valence-electron chi connectivity index (χ3n) is 8.55. The SMILES string of the molecule is CN1C=NN(c2[c-]c(B(c3[c-]c4c(cc3)c3ccccc3n4-c3ccccn3)c3cccc4c3oc3ccccc34)ccc2)[CH-]1.[Pt]. The number of fused-ring (bicyclic) bond motifs is 6. The van der Waals surface area contributed by atoms with Gasteiger partial charge in [0.1, 0.15) is 17.0 Å². The predicted octanol–water partition coefficient (Wildman–Crippen LogP) is 6.01. The topological polar surface area (TPSA) is 49.8 Å². The summed E-state index contributed by atoms with van der Waals surface area (Å²) in [6, 6.07) is 47.3. The van der Waals surface area contributed by atoms with Crippen LogP contribution in [0.15, 0.2) is 131 Å². The maximum absolute atomic E-state index is 6.59. The molecule has 8 heteroatoms. The van der Waals surface area contributed by atoms with E-state index in [4.69, 9.17) is 9.40 Å². The molecule has 0 unspecified atom stereocenters. The summed E-state index contributed by atoms with van der Waals surface area (Å²) in [4.78, 5) is 6.66. The molecule has 224 valence electrons. The van der Waals surface area contributed by atoms with Crippen molar-refractivity contribution >= 4 is 78.9 Å². The minimum absolute atomic E-state index is 0. The molecular weight excluding hydrogens is 748 g/mol. The molecule has 0 atom stereocenters. The Hall–Kier alpha value is -5.13. The number of pyridine rings is 1. The zero-order valence-electron chi connectivity index (χ0n) is 24.7. The van der Waals surface area contributed by atoms with Crippen LogP contribution in [0.25, 0.3) is 49.6 Å². The first-order chi connectivity index (χ1) is 22.2. The summed E-state index contributed by atoms with van der Waals surface area (Å²) in [6.07, 6.45) is 3.62. The van der Waals surface area contributed by atoms with Gasteiger partial charge in [-0.25, -0.2) is 4.98 Å². The Bertz CT molecular complexity index is 2420. The molecule has 0 fully saturated rings. The number of para-hydroxylation sites is 3. The van der Waals surface area contributed by atoms with Crippen molar-refractivity contribution < 1.29 is 25.5 Å². The van der Waals surface area contributed by atoms with Crippen LogP contribution in [0.5, 0.6) is 0 Å². The summed E-state index contributed by atoms with van der Waals surface area (Å²) in [5, 5.41) is 10.9. The van der Waals surface area contributed by atoms with Gasteiger partial charge in [0.05, 0.1) is 6.34 Å². The zero-order chi connectivity index (χ0) is 29.9. The minimum Gasteiger partial charge on any atom is -0.493 e. The summed E-state index contributed by atoms with van der Waals surface area (Å²) in [5.41, 5.74) is 7.73. The van der Waals surface area contributed by atoms with E-state index < -0.39 is 0 Å². The maximum atomic E-state index is 6.59. The van der Waals surface area contributed by atoms with Gasteiger partial charge in [0.2, 0.25) is 0 Å². The minimum atomic E-state index is -0.224. The molecule has 0 bridgehead atoms. The molecule has 5 aromatic carbocycles. The van der Waals surface area contributed by atoms with E-state index in [1.54, 1.807) is 6.34 Å². The number of nitrogens with zero attached hydrogens (tertiary/aromatic N) is 5. The Morgan fingerprint density at radius 3 is 2.35 bits per heavy atom. The first-order valence-corrected chi connectivity index (χ1v) is 14.9. The Kier molecular flexibility index (Phi) is 6.99. The molecule has 46 heavy (non-hydrogen) atoms. The van der Waals surface area contributed by atoms with Gasteiger partial charge in [-0.05, 0) is 42.2 Å². The van der Waals surface area contributed by atoms with Crippen molar-refractivity contribution in [2.24, 2.45) is 5.10 Å². The Balaban J connectivity index is 0.00000312. The molecule has 1 aliphatic rings. The van der Waals surface area contributed by atoms with Crippen LogP contribution in [0.1, 0.15) is 0 Å². The number of hydrogen-bond donors (Lipinski definition) is 0. The Morgan fingerprint density at radius 2 is 1.50 bits per heavy atom. The van der Waals surface area contributed by atoms with Crippen molar-refractivity contribution in [1.29, 1.82) is 0 Å². The van der Waals surface area contributed by atoms with Gasteiger partial charge in [0.15, 0.2) is 6.71 Å². The number of hydrogen-bond acceptors (Lipinski definition) is 5. The third kappa shape index (κ3) is 4.54. The molecule has 3 aromatic heterocycles. The number of rotatable bonds is 5. The van der Waals surface area contributed by atoms with E-state index in [-0.39, 0.29) is 27.8 Å². The van der Waals surface area contributed by atoms with E-state index in [2.05, 4.69) is 101 Å². The standard InChI is InChI=1S/C38H25BN5O.Pt/c1-42-24-41-43(25-42)28-11-8-10-26(22-28)39(33-15-9-14-32-31-13-3-5-17-36(31)45-38(32)33)27-19-20-30-29-12-2-4-16-34(29)44(35(30)23-27)37-18-6-7-21-40-37;/h2-21,24-25H,1H3;/q-3;. The largest absolute Gasteiger partial charge is 0.493 e. The number of aromatic nitrogens is 2. The summed E-state index contributed by atoms with van der Waals surface area (Å²) < 4.78 is 8.80. The van der Waals surface area contributed by atoms with E-state index in [1.807, 2.05) is 66.2 Å². The van der Waals surface area contributed by atoms with E-state index in [0.717, 1.165) is 71.6 Å². The van der Waals surface area contributed by atoms with Gasteiger partial charge in [0, 0.05) is 43.6 Å². The number of benzene rings is 5. The fourth-order valence-corrected chi connectivity index (χ4v) is 6.57. The Morgan fingerprint density at radius 1 is 0.717 bits per heavy atom. The van der Waals surface area contributed by atoms with E-state index in [0.29, 0.717) is 0 Å². The van der Waals surface area contributed by atoms with Gasteiger partial charge in [-0.3, -0.25) is 0 Å². The maximum Gasteiger partial charge on any atom is 0.196 e. The zero-order valence-corrected chi connectivity index (χ0v) is 27.0. The molecule has 0 saturated heterocycles. The van der Waals surface area contributed by atoms with Crippen LogP contribution in [-0.2, 0) is 21.1 Å². The fourth-order valence-electron chi connectivity index (χ4n) is 6.57. The molecule has 8 aromatic rings. The van der Waals surface area contributed by atoms with Crippen molar-refractivity contribution in [2.75, 3.05) is 12.1 Å². The second kappa shape index (κ2) is 11.3. The molecular formula is C38H25BN5OPt-3. The van der Waals surface area contributed by atoms with Crippen LogP contribution in [0.2, 0.25) is 0 Å². The van der Waals surface area contributed by atoms with Gasteiger partial charge >= 0.3 is 0 Å². The van der Waals surface area contributed by atoms with Crippen LogP contribution in [-0.4, -0.2) is 34.5 Å². The number of anilines is 1. The van der Waals surface area contributed by atoms with Gasteiger partial charge in [-0.2, -0.15) is 52.4 Å². The smallest absolute Gasteiger partial charge is 0.196 e. The van der Waals surface area contributed by atoms with Crippen LogP contribution < -0.4 is 21.4 Å². The first kappa shape index (κ1) is 28.4. The van der Waals surface area contributed by atoms with Gasteiger partial charge in [-0.1, -0.05) is 71.9 Å². The van der Waals surface area contributed by atoms with Crippen LogP contribution in [0.3, 0.4) is 0 Å². The van der Waals surface area contributed by atoms with Crippen LogP contribution in [0.4, 0.5) is 5.69 Å².